The highest BCUT2D eigenvalue weighted by atomic mass is 15.2. The molecule has 0 heterocycles. The van der Waals surface area contributed by atoms with Crippen LogP contribution >= 0.6 is 0 Å². The zero-order chi connectivity index (χ0) is 36.4. The molecule has 10 heteroatoms. The summed E-state index contributed by atoms with van der Waals surface area (Å²) in [5.41, 5.74) is 43.1. The Bertz CT molecular complexity index is 1800. The normalized spacial score (nSPS) is 22.9. The molecule has 51 heavy (non-hydrogen) atoms. The number of hydrogen-bond donors (Lipinski definition) is 8. The first-order valence-corrected chi connectivity index (χ1v) is 17.7. The summed E-state index contributed by atoms with van der Waals surface area (Å²) in [6.45, 7) is 6.59. The number of hydrogen-bond acceptors (Lipinski definition) is 6. The molecule has 0 saturated heterocycles. The fraction of sp³-hybridized carbons (Fsp3) is 0.317. The molecule has 0 radical (unpaired) electrons. The molecule has 2 aliphatic rings. The molecule has 4 unspecified atom stereocenters. The summed E-state index contributed by atoms with van der Waals surface area (Å²) >= 11 is 0. The Kier molecular flexibility index (Phi) is 12.3. The van der Waals surface area contributed by atoms with Crippen LogP contribution in [0.3, 0.4) is 0 Å². The summed E-state index contributed by atoms with van der Waals surface area (Å²) in [4.78, 5) is 8.14. The van der Waals surface area contributed by atoms with E-state index >= 15 is 0 Å². The lowest BCUT2D eigenvalue weighted by Crippen LogP contribution is -2.64. The third-order valence-corrected chi connectivity index (χ3v) is 9.82. The molecule has 3 aromatic rings. The van der Waals surface area contributed by atoms with E-state index in [9.17, 15) is 0 Å². The van der Waals surface area contributed by atoms with Gasteiger partial charge in [0, 0.05) is 13.1 Å². The summed E-state index contributed by atoms with van der Waals surface area (Å²) in [6.07, 6.45) is 19.7. The van der Waals surface area contributed by atoms with E-state index in [4.69, 9.17) is 34.4 Å². The third-order valence-electron chi connectivity index (χ3n) is 9.82. The van der Waals surface area contributed by atoms with Gasteiger partial charge in [0.2, 0.25) is 0 Å². The molecule has 2 saturated carbocycles. The van der Waals surface area contributed by atoms with E-state index < -0.39 is 0 Å². The van der Waals surface area contributed by atoms with Gasteiger partial charge in [0.05, 0.1) is 24.4 Å². The minimum absolute atomic E-state index is 0.0594. The first kappa shape index (κ1) is 37.3. The second-order valence-electron chi connectivity index (χ2n) is 13.9. The van der Waals surface area contributed by atoms with Gasteiger partial charge in [-0.1, -0.05) is 80.7 Å². The highest BCUT2D eigenvalue weighted by molar-refractivity contribution is 5.79. The molecule has 4 atom stereocenters. The summed E-state index contributed by atoms with van der Waals surface area (Å²) in [5.74, 6) is 1.10. The standard InChI is InChI=1S/C41H54N10/c1-28-14-15-40(28,46)50-18-6-10-32-21-33(11-7-19-51-41(47)27-29(41)2)25-37(24-32)35-13-3-12-34(26-35)36-22-30(8-4-16-48-38(42)43)20-31(23-36)9-5-17-49-39(44)45/h3-13,20-26,28-29,50-51H,14-19,27,46-47H2,1-2H3,(H4,42,43,48)(H4,44,45,49)/b8-4+,9-5+,10-6+,11-7+. The van der Waals surface area contributed by atoms with Crippen molar-refractivity contribution in [1.82, 2.24) is 10.6 Å². The van der Waals surface area contributed by atoms with Gasteiger partial charge >= 0.3 is 0 Å². The van der Waals surface area contributed by atoms with Crippen LogP contribution in [0.2, 0.25) is 0 Å². The Morgan fingerprint density at radius 3 is 1.43 bits per heavy atom. The minimum Gasteiger partial charge on any atom is -0.370 e. The summed E-state index contributed by atoms with van der Waals surface area (Å²) < 4.78 is 0. The van der Waals surface area contributed by atoms with Gasteiger partial charge in [-0.05, 0) is 118 Å². The molecule has 2 fully saturated rings. The van der Waals surface area contributed by atoms with Gasteiger partial charge < -0.3 is 34.4 Å². The number of aliphatic imine (C=N–C) groups is 2. The van der Waals surface area contributed by atoms with Gasteiger partial charge in [-0.3, -0.25) is 10.6 Å². The molecule has 14 N–H and O–H groups in total. The first-order valence-electron chi connectivity index (χ1n) is 17.7. The van der Waals surface area contributed by atoms with Crippen molar-refractivity contribution in [1.29, 1.82) is 0 Å². The summed E-state index contributed by atoms with van der Waals surface area (Å²) in [7, 11) is 0. The monoisotopic (exact) mass is 686 g/mol. The van der Waals surface area contributed by atoms with Crippen LogP contribution in [-0.4, -0.2) is 49.4 Å². The van der Waals surface area contributed by atoms with E-state index in [0.29, 0.717) is 38.0 Å². The maximum Gasteiger partial charge on any atom is 0.186 e. The Morgan fingerprint density at radius 1 is 0.627 bits per heavy atom. The van der Waals surface area contributed by atoms with Crippen LogP contribution in [0.4, 0.5) is 0 Å². The molecule has 0 amide bonds. The Hall–Kier alpha value is -5.00. The van der Waals surface area contributed by atoms with Gasteiger partial charge in [-0.15, -0.1) is 0 Å². The van der Waals surface area contributed by atoms with Crippen LogP contribution < -0.4 is 45.0 Å². The first-order chi connectivity index (χ1) is 24.4. The van der Waals surface area contributed by atoms with Crippen molar-refractivity contribution in [2.24, 2.45) is 56.2 Å². The second-order valence-corrected chi connectivity index (χ2v) is 13.9. The third kappa shape index (κ3) is 10.7. The fourth-order valence-electron chi connectivity index (χ4n) is 6.23. The molecule has 10 nitrogen and oxygen atoms in total. The highest BCUT2D eigenvalue weighted by Crippen LogP contribution is 2.37. The van der Waals surface area contributed by atoms with Crippen molar-refractivity contribution < 1.29 is 0 Å². The largest absolute Gasteiger partial charge is 0.370 e. The van der Waals surface area contributed by atoms with Gasteiger partial charge in [-0.2, -0.15) is 0 Å². The van der Waals surface area contributed by atoms with Crippen molar-refractivity contribution in [3.63, 3.8) is 0 Å². The molecule has 0 bridgehead atoms. The van der Waals surface area contributed by atoms with Crippen molar-refractivity contribution >= 4 is 36.2 Å². The predicted octanol–water partition coefficient (Wildman–Crippen LogP) is 4.58. The molecule has 3 aromatic carbocycles. The smallest absolute Gasteiger partial charge is 0.186 e. The molecule has 0 aromatic heterocycles. The number of benzene rings is 3. The summed E-state index contributed by atoms with van der Waals surface area (Å²) in [6, 6.07) is 21.7. The number of rotatable bonds is 16. The van der Waals surface area contributed by atoms with Crippen LogP contribution in [0.15, 0.2) is 95.0 Å². The number of nitrogens with one attached hydrogen (secondary N) is 2. The SMILES string of the molecule is CC1CCC1(N)NC/C=C/c1cc(/C=C/CNC2(N)CC2C)cc(-c2cccc(-c3cc(/C=C/CN=C(N)N)cc(/C=C/CN=C(N)N)c3)c2)c1. The molecule has 268 valence electrons. The van der Waals surface area contributed by atoms with E-state index in [1.807, 2.05) is 24.3 Å². The van der Waals surface area contributed by atoms with Crippen molar-refractivity contribution in [2.45, 2.75) is 44.4 Å². The van der Waals surface area contributed by atoms with Crippen LogP contribution in [-0.2, 0) is 0 Å². The zero-order valence-electron chi connectivity index (χ0n) is 29.9. The lowest BCUT2D eigenvalue weighted by Gasteiger charge is -2.45. The lowest BCUT2D eigenvalue weighted by molar-refractivity contribution is 0.108. The molecule has 0 aliphatic heterocycles. The molecule has 0 spiro atoms. The van der Waals surface area contributed by atoms with Crippen LogP contribution in [0.1, 0.15) is 55.4 Å². The molecule has 5 rings (SSSR count). The maximum absolute atomic E-state index is 6.52. The fourth-order valence-corrected chi connectivity index (χ4v) is 6.23. The van der Waals surface area contributed by atoms with Crippen molar-refractivity contribution in [3.8, 4) is 22.3 Å². The zero-order valence-corrected chi connectivity index (χ0v) is 29.9. The highest BCUT2D eigenvalue weighted by Gasteiger charge is 2.46. The number of nitrogens with zero attached hydrogens (tertiary/aromatic N) is 2. The van der Waals surface area contributed by atoms with Gasteiger partial charge in [-0.25, -0.2) is 9.98 Å². The van der Waals surface area contributed by atoms with Crippen molar-refractivity contribution in [2.75, 3.05) is 26.2 Å². The number of guanidine groups is 2. The van der Waals surface area contributed by atoms with Crippen LogP contribution in [0.5, 0.6) is 0 Å². The predicted molar refractivity (Wildman–Crippen MR) is 217 cm³/mol. The molecular formula is C41H54N10. The molecular weight excluding hydrogens is 633 g/mol. The van der Waals surface area contributed by atoms with Gasteiger partial charge in [0.25, 0.3) is 0 Å². The average molecular weight is 687 g/mol. The van der Waals surface area contributed by atoms with E-state index in [1.165, 1.54) is 6.42 Å². The van der Waals surface area contributed by atoms with E-state index in [2.05, 4.69) is 119 Å². The Morgan fingerprint density at radius 2 is 1.06 bits per heavy atom. The minimum atomic E-state index is -0.269. The van der Waals surface area contributed by atoms with Crippen LogP contribution in [0.25, 0.3) is 46.6 Å². The Balaban J connectivity index is 1.44. The Labute approximate surface area is 302 Å². The van der Waals surface area contributed by atoms with Crippen molar-refractivity contribution in [3.05, 3.63) is 107 Å². The van der Waals surface area contributed by atoms with Gasteiger partial charge in [0.1, 0.15) is 0 Å². The maximum atomic E-state index is 6.52. The summed E-state index contributed by atoms with van der Waals surface area (Å²) in [5, 5.41) is 7.00. The topological polar surface area (TPSA) is 205 Å². The van der Waals surface area contributed by atoms with Gasteiger partial charge in [0.15, 0.2) is 11.9 Å². The molecule has 2 aliphatic carbocycles. The number of nitrogens with two attached hydrogens (primary N) is 6. The quantitative estimate of drug-likeness (QED) is 0.0607. The van der Waals surface area contributed by atoms with E-state index in [1.54, 1.807) is 0 Å². The second kappa shape index (κ2) is 16.8. The van der Waals surface area contributed by atoms with Crippen LogP contribution in [0, 0.1) is 11.8 Å². The van der Waals surface area contributed by atoms with E-state index in [0.717, 1.165) is 57.3 Å². The average Bonchev–Trinajstić information content (AvgIpc) is 3.72. The lowest BCUT2D eigenvalue weighted by atomic mass is 9.75. The van der Waals surface area contributed by atoms with E-state index in [-0.39, 0.29) is 23.2 Å².